The highest BCUT2D eigenvalue weighted by atomic mass is 15.2. The minimum absolute atomic E-state index is 0.173. The number of amidine groups is 1. The van der Waals surface area contributed by atoms with E-state index in [2.05, 4.69) is 36.0 Å². The highest BCUT2D eigenvalue weighted by Crippen LogP contribution is 2.16. The molecular weight excluding hydrogens is 272 g/mol. The molecule has 22 heavy (non-hydrogen) atoms. The summed E-state index contributed by atoms with van der Waals surface area (Å²) in [6.45, 7) is 13.3. The molecule has 0 aromatic rings. The minimum Gasteiger partial charge on any atom is -0.391 e. The number of nitrogens with zero attached hydrogens (tertiary/aromatic N) is 2. The molecule has 1 heterocycles. The number of nitrogens with one attached hydrogen (secondary N) is 2. The average molecular weight is 306 g/mol. The second kappa shape index (κ2) is 11.2. The van der Waals surface area contributed by atoms with E-state index in [1.54, 1.807) is 6.20 Å². The lowest BCUT2D eigenvalue weighted by atomic mass is 9.98. The van der Waals surface area contributed by atoms with Crippen LogP contribution in [0.2, 0.25) is 0 Å². The summed E-state index contributed by atoms with van der Waals surface area (Å²) in [4.78, 5) is 7.35. The molecule has 0 spiro atoms. The molecule has 1 aliphatic heterocycles. The van der Waals surface area contributed by atoms with Crippen LogP contribution in [-0.2, 0) is 0 Å². The van der Waals surface area contributed by atoms with Crippen LogP contribution in [0, 0.1) is 5.92 Å². The van der Waals surface area contributed by atoms with Crippen molar-refractivity contribution in [3.05, 3.63) is 25.1 Å². The summed E-state index contributed by atoms with van der Waals surface area (Å²) < 4.78 is 0. The van der Waals surface area contributed by atoms with Crippen molar-refractivity contribution in [3.8, 4) is 0 Å². The first-order valence-corrected chi connectivity index (χ1v) is 8.72. The van der Waals surface area contributed by atoms with E-state index in [0.29, 0.717) is 5.92 Å². The number of hydrogen-bond donors (Lipinski definition) is 2. The van der Waals surface area contributed by atoms with Gasteiger partial charge in [0.15, 0.2) is 0 Å². The van der Waals surface area contributed by atoms with Gasteiger partial charge in [-0.3, -0.25) is 0 Å². The summed E-state index contributed by atoms with van der Waals surface area (Å²) in [6, 6.07) is 0. The van der Waals surface area contributed by atoms with E-state index < -0.39 is 0 Å². The van der Waals surface area contributed by atoms with Gasteiger partial charge in [-0.25, -0.2) is 4.99 Å². The Morgan fingerprint density at radius 2 is 2.23 bits per heavy atom. The molecule has 0 aromatic carbocycles. The molecule has 0 amide bonds. The first-order chi connectivity index (χ1) is 10.7. The maximum absolute atomic E-state index is 4.88. The number of hydrogen-bond acceptors (Lipinski definition) is 3. The standard InChI is InChI=1S/C18H34N4/c1-5-12-20-18(6-2)21-16(4)22-13-10-8-9-11-17(15-22)14-19-7-3/h5,7,12,17-20H,3,6,8-11,13-15H2,1-2,4H3/b12-5+,21-16?. The third-order valence-corrected chi connectivity index (χ3v) is 4.21. The molecule has 1 aliphatic rings. The fourth-order valence-electron chi connectivity index (χ4n) is 2.88. The Balaban J connectivity index is 2.68. The predicted molar refractivity (Wildman–Crippen MR) is 96.9 cm³/mol. The molecule has 0 radical (unpaired) electrons. The van der Waals surface area contributed by atoms with Gasteiger partial charge in [-0.2, -0.15) is 0 Å². The molecule has 126 valence electrons. The van der Waals surface area contributed by atoms with E-state index in [1.165, 1.54) is 25.7 Å². The summed E-state index contributed by atoms with van der Waals surface area (Å²) in [6.07, 6.45) is 12.2. The Kier molecular flexibility index (Phi) is 9.44. The van der Waals surface area contributed by atoms with Crippen molar-refractivity contribution >= 4 is 5.84 Å². The molecule has 2 unspecified atom stereocenters. The Bertz CT molecular complexity index is 362. The van der Waals surface area contributed by atoms with Gasteiger partial charge in [0.25, 0.3) is 0 Å². The van der Waals surface area contributed by atoms with Crippen molar-refractivity contribution in [1.29, 1.82) is 0 Å². The van der Waals surface area contributed by atoms with Crippen LogP contribution in [0.3, 0.4) is 0 Å². The van der Waals surface area contributed by atoms with Crippen LogP contribution >= 0.6 is 0 Å². The topological polar surface area (TPSA) is 39.7 Å². The minimum atomic E-state index is 0.173. The van der Waals surface area contributed by atoms with Crippen LogP contribution in [0.25, 0.3) is 0 Å². The van der Waals surface area contributed by atoms with Crippen molar-refractivity contribution in [3.63, 3.8) is 0 Å². The van der Waals surface area contributed by atoms with Crippen molar-refractivity contribution in [2.75, 3.05) is 19.6 Å². The van der Waals surface area contributed by atoms with Crippen LogP contribution in [-0.4, -0.2) is 36.5 Å². The molecule has 0 saturated carbocycles. The van der Waals surface area contributed by atoms with Gasteiger partial charge in [0.05, 0.1) is 5.84 Å². The second-order valence-corrected chi connectivity index (χ2v) is 6.04. The zero-order chi connectivity index (χ0) is 16.2. The lowest BCUT2D eigenvalue weighted by molar-refractivity contribution is 0.282. The molecule has 2 atom stereocenters. The van der Waals surface area contributed by atoms with Gasteiger partial charge < -0.3 is 15.5 Å². The summed E-state index contributed by atoms with van der Waals surface area (Å²) in [7, 11) is 0. The first-order valence-electron chi connectivity index (χ1n) is 8.72. The third kappa shape index (κ3) is 7.01. The largest absolute Gasteiger partial charge is 0.391 e. The van der Waals surface area contributed by atoms with Gasteiger partial charge in [0, 0.05) is 19.6 Å². The van der Waals surface area contributed by atoms with Gasteiger partial charge in [-0.05, 0) is 51.4 Å². The lowest BCUT2D eigenvalue weighted by Gasteiger charge is -2.32. The van der Waals surface area contributed by atoms with Gasteiger partial charge in [-0.15, -0.1) is 0 Å². The second-order valence-electron chi connectivity index (χ2n) is 6.04. The van der Waals surface area contributed by atoms with Crippen LogP contribution in [0.15, 0.2) is 30.0 Å². The first kappa shape index (κ1) is 18.6. The third-order valence-electron chi connectivity index (χ3n) is 4.21. The number of rotatable bonds is 7. The summed E-state index contributed by atoms with van der Waals surface area (Å²) in [5, 5.41) is 6.62. The number of likely N-dealkylation sites (tertiary alicyclic amines) is 1. The predicted octanol–water partition coefficient (Wildman–Crippen LogP) is 3.49. The van der Waals surface area contributed by atoms with E-state index in [0.717, 1.165) is 31.9 Å². The Hall–Kier alpha value is -1.45. The molecule has 1 saturated heterocycles. The van der Waals surface area contributed by atoms with Crippen molar-refractivity contribution in [1.82, 2.24) is 15.5 Å². The Morgan fingerprint density at radius 3 is 2.91 bits per heavy atom. The highest BCUT2D eigenvalue weighted by molar-refractivity contribution is 5.79. The fraction of sp³-hybridized carbons (Fsp3) is 0.722. The lowest BCUT2D eigenvalue weighted by Crippen LogP contribution is -2.39. The Labute approximate surface area is 136 Å². The zero-order valence-electron chi connectivity index (χ0n) is 14.6. The molecule has 4 nitrogen and oxygen atoms in total. The molecule has 0 aliphatic carbocycles. The van der Waals surface area contributed by atoms with Gasteiger partial charge in [0.1, 0.15) is 6.17 Å². The maximum atomic E-state index is 4.88. The van der Waals surface area contributed by atoms with Crippen LogP contribution < -0.4 is 10.6 Å². The molecule has 0 aromatic heterocycles. The van der Waals surface area contributed by atoms with Crippen LogP contribution in [0.1, 0.15) is 52.9 Å². The van der Waals surface area contributed by atoms with Crippen molar-refractivity contribution in [2.24, 2.45) is 10.9 Å². The zero-order valence-corrected chi connectivity index (χ0v) is 14.6. The SMILES string of the molecule is C=CNCC1CCCCCN(C(C)=NC(CC)N/C=C/C)C1. The molecular formula is C18H34N4. The average Bonchev–Trinajstić information content (AvgIpc) is 2.50. The molecule has 1 fully saturated rings. The van der Waals surface area contributed by atoms with Gasteiger partial charge in [0.2, 0.25) is 0 Å². The number of aliphatic imine (C=N–C) groups is 1. The van der Waals surface area contributed by atoms with Crippen LogP contribution in [0.4, 0.5) is 0 Å². The molecule has 4 heteroatoms. The van der Waals surface area contributed by atoms with Crippen molar-refractivity contribution < 1.29 is 0 Å². The van der Waals surface area contributed by atoms with E-state index in [1.807, 2.05) is 19.2 Å². The van der Waals surface area contributed by atoms with E-state index in [-0.39, 0.29) is 6.17 Å². The number of allylic oxidation sites excluding steroid dienone is 1. The Morgan fingerprint density at radius 1 is 1.41 bits per heavy atom. The monoisotopic (exact) mass is 306 g/mol. The van der Waals surface area contributed by atoms with Gasteiger partial charge in [-0.1, -0.05) is 32.4 Å². The molecule has 0 bridgehead atoms. The highest BCUT2D eigenvalue weighted by Gasteiger charge is 2.18. The normalized spacial score (nSPS) is 22.0. The van der Waals surface area contributed by atoms with E-state index >= 15 is 0 Å². The van der Waals surface area contributed by atoms with Gasteiger partial charge >= 0.3 is 0 Å². The molecule has 2 N–H and O–H groups in total. The summed E-state index contributed by atoms with van der Waals surface area (Å²) >= 11 is 0. The van der Waals surface area contributed by atoms with E-state index in [4.69, 9.17) is 4.99 Å². The van der Waals surface area contributed by atoms with Crippen LogP contribution in [0.5, 0.6) is 0 Å². The summed E-state index contributed by atoms with van der Waals surface area (Å²) in [5.74, 6) is 1.83. The smallest absolute Gasteiger partial charge is 0.119 e. The van der Waals surface area contributed by atoms with Crippen molar-refractivity contribution in [2.45, 2.75) is 59.0 Å². The quantitative estimate of drug-likeness (QED) is 0.559. The maximum Gasteiger partial charge on any atom is 0.119 e. The summed E-state index contributed by atoms with van der Waals surface area (Å²) in [5.41, 5.74) is 0. The van der Waals surface area contributed by atoms with E-state index in [9.17, 15) is 0 Å². The fourth-order valence-corrected chi connectivity index (χ4v) is 2.88. The molecule has 1 rings (SSSR count).